The fraction of sp³-hybridized carbons (Fsp3) is 0.700. The average molecular weight is 307 g/mol. The molecule has 0 radical (unpaired) electrons. The smallest absolute Gasteiger partial charge is 0.262 e. The first-order chi connectivity index (χ1) is 8.76. The van der Waals surface area contributed by atoms with Crippen molar-refractivity contribution in [2.24, 2.45) is 7.05 Å². The van der Waals surface area contributed by atoms with E-state index in [-0.39, 0.29) is 23.1 Å². The summed E-state index contributed by atoms with van der Waals surface area (Å²) in [5.74, 6) is -0.0567. The summed E-state index contributed by atoms with van der Waals surface area (Å²) in [5, 5.41) is -0.0406. The van der Waals surface area contributed by atoms with Crippen LogP contribution in [-0.2, 0) is 26.9 Å². The van der Waals surface area contributed by atoms with Gasteiger partial charge in [0.1, 0.15) is 0 Å². The Morgan fingerprint density at radius 2 is 2.21 bits per heavy atom. The third-order valence-corrected chi connectivity index (χ3v) is 6.85. The average Bonchev–Trinajstić information content (AvgIpc) is 2.86. The molecule has 7 nitrogen and oxygen atoms in total. The lowest BCUT2D eigenvalue weighted by atomic mass is 10.3. The number of hydrogen-bond acceptors (Lipinski definition) is 5. The number of nitrogens with zero attached hydrogens (tertiary/aromatic N) is 3. The quantitative estimate of drug-likeness (QED) is 0.756. The van der Waals surface area contributed by atoms with Gasteiger partial charge in [0.05, 0.1) is 17.8 Å². The molecule has 1 saturated heterocycles. The van der Waals surface area contributed by atoms with E-state index in [0.717, 1.165) is 0 Å². The van der Waals surface area contributed by atoms with Gasteiger partial charge in [0.2, 0.25) is 0 Å². The number of hydrogen-bond donors (Lipinski definition) is 0. The Bertz CT molecular complexity index is 663. The van der Waals surface area contributed by atoms with E-state index in [2.05, 4.69) is 4.98 Å². The molecule has 1 aliphatic rings. The highest BCUT2D eigenvalue weighted by Gasteiger charge is 2.38. The zero-order valence-corrected chi connectivity index (χ0v) is 12.5. The highest BCUT2D eigenvalue weighted by Crippen LogP contribution is 2.23. The molecule has 0 saturated carbocycles. The second-order valence-corrected chi connectivity index (χ2v) is 8.71. The summed E-state index contributed by atoms with van der Waals surface area (Å²) in [6.45, 7) is 1.94. The predicted octanol–water partition coefficient (Wildman–Crippen LogP) is -0.382. The van der Waals surface area contributed by atoms with Crippen LogP contribution in [0.3, 0.4) is 0 Å². The summed E-state index contributed by atoms with van der Waals surface area (Å²) in [5.41, 5.74) is 0. The molecule has 1 aromatic rings. The van der Waals surface area contributed by atoms with Crippen LogP contribution in [0.25, 0.3) is 0 Å². The summed E-state index contributed by atoms with van der Waals surface area (Å²) in [6, 6.07) is -0.484. The van der Waals surface area contributed by atoms with E-state index in [1.807, 2.05) is 0 Å². The van der Waals surface area contributed by atoms with E-state index in [1.54, 1.807) is 18.5 Å². The van der Waals surface area contributed by atoms with Gasteiger partial charge >= 0.3 is 0 Å². The van der Waals surface area contributed by atoms with Crippen LogP contribution in [0.15, 0.2) is 17.6 Å². The van der Waals surface area contributed by atoms with Crippen LogP contribution >= 0.6 is 0 Å². The molecule has 1 aromatic heterocycles. The third-order valence-electron chi connectivity index (χ3n) is 3.18. The SMILES string of the molecule is CCN([C@H]1CCS(=O)(=O)C1)S(=O)(=O)c1cn(C)cn1. The number of sulfone groups is 1. The lowest BCUT2D eigenvalue weighted by Crippen LogP contribution is -2.41. The summed E-state index contributed by atoms with van der Waals surface area (Å²) in [4.78, 5) is 3.85. The monoisotopic (exact) mass is 307 g/mol. The molecule has 0 aromatic carbocycles. The van der Waals surface area contributed by atoms with Crippen LogP contribution < -0.4 is 0 Å². The van der Waals surface area contributed by atoms with Crippen LogP contribution in [0.5, 0.6) is 0 Å². The summed E-state index contributed by atoms with van der Waals surface area (Å²) < 4.78 is 50.6. The normalized spacial score (nSPS) is 23.0. The van der Waals surface area contributed by atoms with Crippen molar-refractivity contribution in [3.63, 3.8) is 0 Å². The minimum Gasteiger partial charge on any atom is -0.339 e. The van der Waals surface area contributed by atoms with Gasteiger partial charge in [0.25, 0.3) is 10.0 Å². The van der Waals surface area contributed by atoms with Crippen LogP contribution in [0.2, 0.25) is 0 Å². The highest BCUT2D eigenvalue weighted by molar-refractivity contribution is 7.92. The number of aromatic nitrogens is 2. The molecule has 1 fully saturated rings. The number of aryl methyl sites for hydroxylation is 1. The summed E-state index contributed by atoms with van der Waals surface area (Å²) in [7, 11) is -5.16. The molecule has 0 unspecified atom stereocenters. The fourth-order valence-electron chi connectivity index (χ4n) is 2.27. The first-order valence-electron chi connectivity index (χ1n) is 5.96. The van der Waals surface area contributed by atoms with Gasteiger partial charge in [-0.05, 0) is 6.42 Å². The molecule has 1 atom stereocenters. The molecule has 0 bridgehead atoms. The maximum atomic E-state index is 12.4. The molecule has 0 aliphatic carbocycles. The second-order valence-electron chi connectivity index (χ2n) is 4.64. The van der Waals surface area contributed by atoms with Gasteiger partial charge in [0.15, 0.2) is 14.9 Å². The van der Waals surface area contributed by atoms with Crippen LogP contribution in [-0.4, -0.2) is 54.8 Å². The number of imidazole rings is 1. The summed E-state index contributed by atoms with van der Waals surface area (Å²) in [6.07, 6.45) is 3.18. The number of sulfonamides is 1. The molecule has 0 spiro atoms. The van der Waals surface area contributed by atoms with Gasteiger partial charge in [0, 0.05) is 25.8 Å². The Morgan fingerprint density at radius 3 is 2.63 bits per heavy atom. The number of rotatable bonds is 4. The zero-order chi connectivity index (χ0) is 14.3. The second kappa shape index (κ2) is 4.88. The van der Waals surface area contributed by atoms with E-state index in [4.69, 9.17) is 0 Å². The van der Waals surface area contributed by atoms with Crippen molar-refractivity contribution in [1.82, 2.24) is 13.9 Å². The molecule has 0 N–H and O–H groups in total. The molecule has 2 rings (SSSR count). The molecular formula is C10H17N3O4S2. The minimum atomic E-state index is -3.73. The Morgan fingerprint density at radius 1 is 1.53 bits per heavy atom. The van der Waals surface area contributed by atoms with Crippen LogP contribution in [0.4, 0.5) is 0 Å². The van der Waals surface area contributed by atoms with Gasteiger partial charge in [-0.3, -0.25) is 0 Å². The largest absolute Gasteiger partial charge is 0.339 e. The van der Waals surface area contributed by atoms with Crippen molar-refractivity contribution < 1.29 is 16.8 Å². The summed E-state index contributed by atoms with van der Waals surface area (Å²) >= 11 is 0. The van der Waals surface area contributed by atoms with Gasteiger partial charge in [-0.25, -0.2) is 21.8 Å². The van der Waals surface area contributed by atoms with E-state index < -0.39 is 25.9 Å². The Labute approximate surface area is 113 Å². The Kier molecular flexibility index (Phi) is 3.72. The van der Waals surface area contributed by atoms with Crippen molar-refractivity contribution in [1.29, 1.82) is 0 Å². The van der Waals surface area contributed by atoms with E-state index in [0.29, 0.717) is 6.42 Å². The molecule has 1 aliphatic heterocycles. The topological polar surface area (TPSA) is 89.3 Å². The maximum absolute atomic E-state index is 12.4. The Hall–Kier alpha value is -0.930. The third kappa shape index (κ3) is 2.82. The van der Waals surface area contributed by atoms with E-state index in [1.165, 1.54) is 16.8 Å². The fourth-order valence-corrected chi connectivity index (χ4v) is 5.73. The van der Waals surface area contributed by atoms with E-state index in [9.17, 15) is 16.8 Å². The predicted molar refractivity (Wildman–Crippen MR) is 69.8 cm³/mol. The van der Waals surface area contributed by atoms with E-state index >= 15 is 0 Å². The van der Waals surface area contributed by atoms with Gasteiger partial charge in [-0.15, -0.1) is 0 Å². The molecule has 0 amide bonds. The molecule has 108 valence electrons. The molecular weight excluding hydrogens is 290 g/mol. The lowest BCUT2D eigenvalue weighted by molar-refractivity contribution is 0.353. The van der Waals surface area contributed by atoms with Crippen LogP contribution in [0.1, 0.15) is 13.3 Å². The van der Waals surface area contributed by atoms with Gasteiger partial charge in [-0.1, -0.05) is 6.92 Å². The zero-order valence-electron chi connectivity index (χ0n) is 10.9. The maximum Gasteiger partial charge on any atom is 0.262 e. The lowest BCUT2D eigenvalue weighted by Gasteiger charge is -2.24. The highest BCUT2D eigenvalue weighted by atomic mass is 32.2. The van der Waals surface area contributed by atoms with Crippen molar-refractivity contribution in [3.8, 4) is 0 Å². The van der Waals surface area contributed by atoms with Crippen molar-refractivity contribution in [3.05, 3.63) is 12.5 Å². The van der Waals surface area contributed by atoms with Crippen molar-refractivity contribution in [2.45, 2.75) is 24.4 Å². The van der Waals surface area contributed by atoms with Gasteiger partial charge < -0.3 is 4.57 Å². The standard InChI is InChI=1S/C10H17N3O4S2/c1-3-13(9-4-5-18(14,15)7-9)19(16,17)10-6-12(2)8-11-10/h6,8-9H,3-5,7H2,1-2H3/t9-/m0/s1. The van der Waals surface area contributed by atoms with Crippen molar-refractivity contribution in [2.75, 3.05) is 18.1 Å². The van der Waals surface area contributed by atoms with Crippen molar-refractivity contribution >= 4 is 19.9 Å². The molecule has 9 heteroatoms. The van der Waals surface area contributed by atoms with Crippen LogP contribution in [0, 0.1) is 0 Å². The molecule has 2 heterocycles. The molecule has 19 heavy (non-hydrogen) atoms. The first kappa shape index (κ1) is 14.5. The Balaban J connectivity index is 2.32. The van der Waals surface area contributed by atoms with Gasteiger partial charge in [-0.2, -0.15) is 4.31 Å². The minimum absolute atomic E-state index is 0.0406. The first-order valence-corrected chi connectivity index (χ1v) is 9.22.